The summed E-state index contributed by atoms with van der Waals surface area (Å²) in [4.78, 5) is 40.4. The Balaban J connectivity index is 1.71. The number of aromatic nitrogens is 3. The molecule has 1 aliphatic carbocycles. The number of aromatic hydroxyl groups is 1. The second kappa shape index (κ2) is 9.98. The second-order valence-corrected chi connectivity index (χ2v) is 9.19. The molecule has 3 N–H and O–H groups in total. The van der Waals surface area contributed by atoms with Gasteiger partial charge in [0.05, 0.1) is 44.2 Å². The van der Waals surface area contributed by atoms with Gasteiger partial charge in [0.25, 0.3) is 5.91 Å². The van der Waals surface area contributed by atoms with Gasteiger partial charge in [-0.05, 0) is 24.8 Å². The van der Waals surface area contributed by atoms with Crippen molar-refractivity contribution in [3.63, 3.8) is 0 Å². The first-order valence-electron chi connectivity index (χ1n) is 11.6. The Morgan fingerprint density at radius 3 is 2.85 bits per heavy atom. The monoisotopic (exact) mass is 474 g/mol. The third-order valence-corrected chi connectivity index (χ3v) is 5.93. The maximum Gasteiger partial charge on any atom is 0.378 e. The highest BCUT2D eigenvalue weighted by Crippen LogP contribution is 2.21. The number of carbonyl (C=O) groups is 2. The number of hydrogen-bond donors (Lipinski definition) is 3. The van der Waals surface area contributed by atoms with Crippen molar-refractivity contribution in [2.24, 2.45) is 5.92 Å². The van der Waals surface area contributed by atoms with Gasteiger partial charge < -0.3 is 24.8 Å². The highest BCUT2D eigenvalue weighted by Gasteiger charge is 2.34. The lowest BCUT2D eigenvalue weighted by Gasteiger charge is -2.34. The van der Waals surface area contributed by atoms with Crippen LogP contribution in [-0.4, -0.2) is 77.0 Å². The molecule has 184 valence electrons. The Hall–Kier alpha value is -3.18. The molecule has 2 aliphatic rings. The molecule has 1 aliphatic heterocycles. The van der Waals surface area contributed by atoms with E-state index in [1.165, 1.54) is 15.2 Å². The minimum atomic E-state index is -0.648. The molecule has 3 heterocycles. The molecule has 0 spiro atoms. The molecule has 11 heteroatoms. The number of carbonyl (C=O) groups excluding carboxylic acids is 2. The van der Waals surface area contributed by atoms with Crippen molar-refractivity contribution >= 4 is 23.5 Å². The van der Waals surface area contributed by atoms with Crippen LogP contribution in [0.15, 0.2) is 17.1 Å². The topological polar surface area (TPSA) is 129 Å². The van der Waals surface area contributed by atoms with Gasteiger partial charge in [0.15, 0.2) is 0 Å². The summed E-state index contributed by atoms with van der Waals surface area (Å²) in [6, 6.07) is -0.134. The Bertz CT molecular complexity index is 1160. The Labute approximate surface area is 196 Å². The molecule has 1 saturated heterocycles. The van der Waals surface area contributed by atoms with Crippen molar-refractivity contribution in [1.82, 2.24) is 19.8 Å². The van der Waals surface area contributed by atoms with Crippen LogP contribution in [0.3, 0.4) is 0 Å². The van der Waals surface area contributed by atoms with Crippen LogP contribution in [0.1, 0.15) is 42.6 Å². The first-order chi connectivity index (χ1) is 16.3. The molecule has 34 heavy (non-hydrogen) atoms. The second-order valence-electron chi connectivity index (χ2n) is 9.19. The predicted molar refractivity (Wildman–Crippen MR) is 122 cm³/mol. The maximum absolute atomic E-state index is 13.1. The van der Waals surface area contributed by atoms with E-state index in [1.807, 2.05) is 13.8 Å². The van der Waals surface area contributed by atoms with Crippen LogP contribution in [0.5, 0.6) is 5.88 Å². The van der Waals surface area contributed by atoms with Crippen molar-refractivity contribution < 1.29 is 28.7 Å². The molecule has 1 atom stereocenters. The van der Waals surface area contributed by atoms with E-state index in [9.17, 15) is 19.5 Å². The summed E-state index contributed by atoms with van der Waals surface area (Å²) in [5.74, 6) is -1.05. The molecule has 0 radical (unpaired) electrons. The van der Waals surface area contributed by atoms with Gasteiger partial charge in [0, 0.05) is 25.8 Å². The summed E-state index contributed by atoms with van der Waals surface area (Å²) in [5.41, 5.74) is -0.0371. The zero-order chi connectivity index (χ0) is 24.4. The average molecular weight is 475 g/mol. The molecule has 2 amide bonds. The van der Waals surface area contributed by atoms with Crippen LogP contribution < -0.4 is 15.4 Å². The predicted octanol–water partition coefficient (Wildman–Crippen LogP) is 0.0559. The fourth-order valence-corrected chi connectivity index (χ4v) is 4.14. The SMILES string of the molecule is COC[C@H]1COCCN1C(=O)/C=C/c1c[nH]n2c(=O)c(C(=O)NC3CC3)c(O)[n+](CC(C)C)c12. The van der Waals surface area contributed by atoms with Crippen molar-refractivity contribution in [2.45, 2.75) is 45.3 Å². The minimum absolute atomic E-state index is 0.0424. The summed E-state index contributed by atoms with van der Waals surface area (Å²) in [6.07, 6.45) is 6.34. The number of rotatable bonds is 8. The summed E-state index contributed by atoms with van der Waals surface area (Å²) < 4.78 is 13.4. The molecule has 0 aromatic carbocycles. The van der Waals surface area contributed by atoms with Crippen LogP contribution in [0.4, 0.5) is 0 Å². The summed E-state index contributed by atoms with van der Waals surface area (Å²) >= 11 is 0. The highest BCUT2D eigenvalue weighted by molar-refractivity contribution is 5.96. The number of aromatic amines is 1. The van der Waals surface area contributed by atoms with E-state index in [0.717, 1.165) is 12.8 Å². The number of methoxy groups -OCH3 is 1. The van der Waals surface area contributed by atoms with Gasteiger partial charge in [-0.2, -0.15) is 4.57 Å². The summed E-state index contributed by atoms with van der Waals surface area (Å²) in [7, 11) is 1.58. The Morgan fingerprint density at radius 1 is 1.41 bits per heavy atom. The minimum Gasteiger partial charge on any atom is -0.477 e. The number of hydrogen-bond acceptors (Lipinski definition) is 6. The van der Waals surface area contributed by atoms with Crippen molar-refractivity contribution in [3.05, 3.63) is 33.8 Å². The quantitative estimate of drug-likeness (QED) is 0.366. The van der Waals surface area contributed by atoms with E-state index in [4.69, 9.17) is 9.47 Å². The molecule has 2 fully saturated rings. The van der Waals surface area contributed by atoms with Gasteiger partial charge in [-0.1, -0.05) is 18.4 Å². The third-order valence-electron chi connectivity index (χ3n) is 5.93. The maximum atomic E-state index is 13.1. The van der Waals surface area contributed by atoms with Gasteiger partial charge >= 0.3 is 17.1 Å². The molecule has 4 rings (SSSR count). The van der Waals surface area contributed by atoms with E-state index in [1.54, 1.807) is 24.3 Å². The van der Waals surface area contributed by atoms with Gasteiger partial charge in [-0.15, -0.1) is 0 Å². The highest BCUT2D eigenvalue weighted by atomic mass is 16.5. The van der Waals surface area contributed by atoms with Crippen LogP contribution in [-0.2, 0) is 20.8 Å². The fourth-order valence-electron chi connectivity index (χ4n) is 4.14. The van der Waals surface area contributed by atoms with Crippen LogP contribution in [0.25, 0.3) is 11.7 Å². The zero-order valence-electron chi connectivity index (χ0n) is 19.7. The number of nitrogens with zero attached hydrogens (tertiary/aromatic N) is 3. The number of H-pyrrole nitrogens is 1. The molecule has 2 aromatic rings. The van der Waals surface area contributed by atoms with Gasteiger partial charge in [0.1, 0.15) is 0 Å². The molecule has 2 aromatic heterocycles. The first-order valence-corrected chi connectivity index (χ1v) is 11.6. The van der Waals surface area contributed by atoms with E-state index >= 15 is 0 Å². The standard InChI is InChI=1S/C23H31N5O6/c1-14(2)11-27-21-15(4-7-18(29)26-8-9-34-13-17(26)12-33-3)10-24-28(21)23(32)19(22(27)31)20(30)25-16-5-6-16/h4,7,10,14,16-17H,5-6,8-9,11-13H2,1-3H3,(H2,25,30,31,32)/p+1/b7-4+/t17-/m0/s1. The largest absolute Gasteiger partial charge is 0.477 e. The zero-order valence-corrected chi connectivity index (χ0v) is 19.7. The number of amides is 2. The number of morpholine rings is 1. The lowest BCUT2D eigenvalue weighted by molar-refractivity contribution is -0.686. The van der Waals surface area contributed by atoms with Gasteiger partial charge in [-0.25, -0.2) is 9.89 Å². The van der Waals surface area contributed by atoms with Crippen LogP contribution in [0.2, 0.25) is 0 Å². The molecular formula is C23H32N5O6+. The number of nitrogens with one attached hydrogen (secondary N) is 2. The number of fused-ring (bicyclic) bond motifs is 1. The van der Waals surface area contributed by atoms with E-state index < -0.39 is 11.5 Å². The molecule has 0 unspecified atom stereocenters. The van der Waals surface area contributed by atoms with Crippen molar-refractivity contribution in [3.8, 4) is 5.88 Å². The normalized spacial score (nSPS) is 18.8. The molecule has 11 nitrogen and oxygen atoms in total. The van der Waals surface area contributed by atoms with Gasteiger partial charge in [-0.3, -0.25) is 9.59 Å². The lowest BCUT2D eigenvalue weighted by Crippen LogP contribution is -2.50. The summed E-state index contributed by atoms with van der Waals surface area (Å²) in [5, 5.41) is 16.6. The third kappa shape index (κ3) is 4.85. The lowest BCUT2D eigenvalue weighted by atomic mass is 10.2. The van der Waals surface area contributed by atoms with Crippen LogP contribution in [0, 0.1) is 5.92 Å². The van der Waals surface area contributed by atoms with Crippen LogP contribution >= 0.6 is 0 Å². The molecular weight excluding hydrogens is 442 g/mol. The Kier molecular flexibility index (Phi) is 7.03. The van der Waals surface area contributed by atoms with E-state index in [0.29, 0.717) is 44.1 Å². The van der Waals surface area contributed by atoms with E-state index in [-0.39, 0.29) is 35.4 Å². The van der Waals surface area contributed by atoms with Crippen molar-refractivity contribution in [2.75, 3.05) is 33.5 Å². The average Bonchev–Trinajstić information content (AvgIpc) is 3.51. The smallest absolute Gasteiger partial charge is 0.378 e. The van der Waals surface area contributed by atoms with Crippen molar-refractivity contribution in [1.29, 1.82) is 0 Å². The first kappa shape index (κ1) is 24.0. The molecule has 0 bridgehead atoms. The summed E-state index contributed by atoms with van der Waals surface area (Å²) in [6.45, 7) is 6.00. The Morgan fingerprint density at radius 2 is 2.18 bits per heavy atom. The molecule has 1 saturated carbocycles. The fraction of sp³-hybridized carbons (Fsp3) is 0.565. The van der Waals surface area contributed by atoms with Gasteiger partial charge in [0.2, 0.25) is 11.5 Å². The van der Waals surface area contributed by atoms with E-state index in [2.05, 4.69) is 10.4 Å². The number of ether oxygens (including phenoxy) is 2.